The Bertz CT molecular complexity index is 406. The summed E-state index contributed by atoms with van der Waals surface area (Å²) in [5.41, 5.74) is 0.0681. The first-order valence-electron chi connectivity index (χ1n) is 5.34. The van der Waals surface area contributed by atoms with Crippen LogP contribution >= 0.6 is 11.6 Å². The Balaban J connectivity index is 2.24. The molecule has 5 nitrogen and oxygen atoms in total. The summed E-state index contributed by atoms with van der Waals surface area (Å²) in [5, 5.41) is 2.70. The van der Waals surface area contributed by atoms with E-state index in [9.17, 15) is 9.59 Å². The second-order valence-corrected chi connectivity index (χ2v) is 3.73. The highest BCUT2D eigenvalue weighted by Gasteiger charge is 2.04. The number of amides is 1. The van der Waals surface area contributed by atoms with E-state index in [1.807, 2.05) is 0 Å². The number of pyridine rings is 1. The van der Waals surface area contributed by atoms with Crippen molar-refractivity contribution in [3.8, 4) is 0 Å². The maximum absolute atomic E-state index is 11.6. The molecule has 1 heterocycles. The first-order valence-corrected chi connectivity index (χ1v) is 5.88. The van der Waals surface area contributed by atoms with Crippen LogP contribution in [0.2, 0.25) is 0 Å². The van der Waals surface area contributed by atoms with Crippen LogP contribution in [-0.4, -0.2) is 36.5 Å². The van der Waals surface area contributed by atoms with E-state index in [4.69, 9.17) is 16.3 Å². The van der Waals surface area contributed by atoms with Crippen molar-refractivity contribution >= 4 is 17.5 Å². The molecule has 0 saturated carbocycles. The molecule has 0 aliphatic rings. The Morgan fingerprint density at radius 3 is 3.00 bits per heavy atom. The lowest BCUT2D eigenvalue weighted by atomic mass is 10.2. The molecule has 94 valence electrons. The van der Waals surface area contributed by atoms with Crippen LogP contribution in [-0.2, 0) is 4.74 Å². The summed E-state index contributed by atoms with van der Waals surface area (Å²) in [7, 11) is 0. The van der Waals surface area contributed by atoms with Crippen LogP contribution in [0.25, 0.3) is 0 Å². The SMILES string of the molecule is O=C(NCCCOCCCl)c1cc[nH]c(=O)c1. The smallest absolute Gasteiger partial charge is 0.251 e. The monoisotopic (exact) mass is 258 g/mol. The van der Waals surface area contributed by atoms with Gasteiger partial charge < -0.3 is 15.0 Å². The molecule has 17 heavy (non-hydrogen) atoms. The summed E-state index contributed by atoms with van der Waals surface area (Å²) in [4.78, 5) is 25.0. The minimum Gasteiger partial charge on any atom is -0.380 e. The second kappa shape index (κ2) is 7.86. The standard InChI is InChI=1S/C11H15ClN2O3/c12-3-7-17-6-1-4-14-11(16)9-2-5-13-10(15)8-9/h2,5,8H,1,3-4,6-7H2,(H,13,15)(H,14,16). The number of H-pyrrole nitrogens is 1. The molecule has 0 radical (unpaired) electrons. The lowest BCUT2D eigenvalue weighted by Crippen LogP contribution is -2.26. The van der Waals surface area contributed by atoms with Gasteiger partial charge in [-0.15, -0.1) is 11.6 Å². The normalized spacial score (nSPS) is 10.2. The zero-order chi connectivity index (χ0) is 12.5. The van der Waals surface area contributed by atoms with E-state index in [2.05, 4.69) is 10.3 Å². The zero-order valence-electron chi connectivity index (χ0n) is 9.37. The van der Waals surface area contributed by atoms with Gasteiger partial charge in [-0.3, -0.25) is 9.59 Å². The van der Waals surface area contributed by atoms with Gasteiger partial charge >= 0.3 is 0 Å². The quantitative estimate of drug-likeness (QED) is 0.560. The Morgan fingerprint density at radius 2 is 2.29 bits per heavy atom. The molecule has 1 aromatic heterocycles. The maximum atomic E-state index is 11.6. The van der Waals surface area contributed by atoms with Crippen molar-refractivity contribution in [1.29, 1.82) is 0 Å². The number of aromatic amines is 1. The minimum absolute atomic E-state index is 0.256. The van der Waals surface area contributed by atoms with Crippen molar-refractivity contribution in [2.24, 2.45) is 0 Å². The van der Waals surface area contributed by atoms with Gasteiger partial charge in [-0.2, -0.15) is 0 Å². The van der Waals surface area contributed by atoms with Crippen LogP contribution in [0, 0.1) is 0 Å². The fourth-order valence-electron chi connectivity index (χ4n) is 1.22. The van der Waals surface area contributed by atoms with E-state index < -0.39 is 0 Å². The summed E-state index contributed by atoms with van der Waals surface area (Å²) >= 11 is 5.43. The molecular formula is C11H15ClN2O3. The highest BCUT2D eigenvalue weighted by atomic mass is 35.5. The summed E-state index contributed by atoms with van der Waals surface area (Å²) < 4.78 is 5.15. The first kappa shape index (κ1) is 13.7. The lowest BCUT2D eigenvalue weighted by molar-refractivity contribution is 0.0944. The van der Waals surface area contributed by atoms with Crippen molar-refractivity contribution < 1.29 is 9.53 Å². The van der Waals surface area contributed by atoms with Crippen LogP contribution in [0.4, 0.5) is 0 Å². The predicted molar refractivity (Wildman–Crippen MR) is 65.6 cm³/mol. The van der Waals surface area contributed by atoms with E-state index in [0.29, 0.717) is 37.6 Å². The average Bonchev–Trinajstić information content (AvgIpc) is 2.33. The fourth-order valence-corrected chi connectivity index (χ4v) is 1.33. The van der Waals surface area contributed by atoms with Gasteiger partial charge in [-0.1, -0.05) is 0 Å². The van der Waals surface area contributed by atoms with Crippen molar-refractivity contribution in [3.63, 3.8) is 0 Å². The number of hydrogen-bond donors (Lipinski definition) is 2. The summed E-state index contributed by atoms with van der Waals surface area (Å²) in [6, 6.07) is 2.82. The van der Waals surface area contributed by atoms with Crippen LogP contribution in [0.1, 0.15) is 16.8 Å². The van der Waals surface area contributed by atoms with E-state index in [-0.39, 0.29) is 11.5 Å². The van der Waals surface area contributed by atoms with E-state index >= 15 is 0 Å². The highest BCUT2D eigenvalue weighted by Crippen LogP contribution is 1.92. The molecule has 2 N–H and O–H groups in total. The molecule has 0 saturated heterocycles. The molecule has 0 atom stereocenters. The molecule has 0 bridgehead atoms. The number of aromatic nitrogens is 1. The molecule has 0 aliphatic heterocycles. The second-order valence-electron chi connectivity index (χ2n) is 3.35. The van der Waals surface area contributed by atoms with Crippen molar-refractivity contribution in [3.05, 3.63) is 34.2 Å². The zero-order valence-corrected chi connectivity index (χ0v) is 10.1. The van der Waals surface area contributed by atoms with Gasteiger partial charge in [0.25, 0.3) is 5.91 Å². The van der Waals surface area contributed by atoms with Gasteiger partial charge in [-0.05, 0) is 12.5 Å². The van der Waals surface area contributed by atoms with Gasteiger partial charge in [0.2, 0.25) is 5.56 Å². The van der Waals surface area contributed by atoms with Gasteiger partial charge in [-0.25, -0.2) is 0 Å². The van der Waals surface area contributed by atoms with E-state index in [1.165, 1.54) is 12.3 Å². The Labute approximate surface area is 104 Å². The summed E-state index contributed by atoms with van der Waals surface area (Å²) in [5.74, 6) is 0.215. The number of carbonyl (C=O) groups excluding carboxylic acids is 1. The van der Waals surface area contributed by atoms with Crippen LogP contribution in [0.3, 0.4) is 0 Å². The van der Waals surface area contributed by atoms with Gasteiger partial charge in [0.05, 0.1) is 6.61 Å². The third kappa shape index (κ3) is 5.51. The van der Waals surface area contributed by atoms with Crippen molar-refractivity contribution in [2.75, 3.05) is 25.6 Å². The predicted octanol–water partition coefficient (Wildman–Crippen LogP) is 0.750. The summed E-state index contributed by atoms with van der Waals surface area (Å²) in [6.07, 6.45) is 2.16. The van der Waals surface area contributed by atoms with Gasteiger partial charge in [0.1, 0.15) is 0 Å². The third-order valence-electron chi connectivity index (χ3n) is 2.01. The third-order valence-corrected chi connectivity index (χ3v) is 2.16. The Hall–Kier alpha value is -1.33. The lowest BCUT2D eigenvalue weighted by Gasteiger charge is -2.05. The number of rotatable bonds is 7. The van der Waals surface area contributed by atoms with Crippen LogP contribution < -0.4 is 10.9 Å². The highest BCUT2D eigenvalue weighted by molar-refractivity contribution is 6.17. The van der Waals surface area contributed by atoms with Crippen molar-refractivity contribution in [2.45, 2.75) is 6.42 Å². The number of alkyl halides is 1. The molecule has 1 amide bonds. The molecule has 1 aromatic rings. The molecule has 1 rings (SSSR count). The molecule has 6 heteroatoms. The Morgan fingerprint density at radius 1 is 1.47 bits per heavy atom. The molecular weight excluding hydrogens is 244 g/mol. The summed E-state index contributed by atoms with van der Waals surface area (Å²) in [6.45, 7) is 1.58. The number of carbonyl (C=O) groups is 1. The minimum atomic E-state index is -0.289. The molecule has 0 unspecified atom stereocenters. The van der Waals surface area contributed by atoms with Crippen LogP contribution in [0.15, 0.2) is 23.1 Å². The largest absolute Gasteiger partial charge is 0.380 e. The first-order chi connectivity index (χ1) is 8.24. The number of ether oxygens (including phenoxy) is 1. The molecule has 0 aliphatic carbocycles. The average molecular weight is 259 g/mol. The Kier molecular flexibility index (Phi) is 6.35. The number of nitrogens with one attached hydrogen (secondary N) is 2. The van der Waals surface area contributed by atoms with Gasteiger partial charge in [0, 0.05) is 36.9 Å². The molecule has 0 aromatic carbocycles. The van der Waals surface area contributed by atoms with E-state index in [0.717, 1.165) is 0 Å². The molecule has 0 spiro atoms. The fraction of sp³-hybridized carbons (Fsp3) is 0.455. The van der Waals surface area contributed by atoms with Crippen molar-refractivity contribution in [1.82, 2.24) is 10.3 Å². The maximum Gasteiger partial charge on any atom is 0.251 e. The molecule has 0 fully saturated rings. The van der Waals surface area contributed by atoms with E-state index in [1.54, 1.807) is 6.07 Å². The topological polar surface area (TPSA) is 71.2 Å². The van der Waals surface area contributed by atoms with Gasteiger partial charge in [0.15, 0.2) is 0 Å². The number of halogens is 1. The van der Waals surface area contributed by atoms with Crippen LogP contribution in [0.5, 0.6) is 0 Å². The number of hydrogen-bond acceptors (Lipinski definition) is 3.